The highest BCUT2D eigenvalue weighted by Gasteiger charge is 2.18. The third-order valence-corrected chi connectivity index (χ3v) is 6.67. The molecular weight excluding hydrogens is 516 g/mol. The lowest BCUT2D eigenvalue weighted by Crippen LogP contribution is -2.35. The molecule has 10 nitrogen and oxygen atoms in total. The van der Waals surface area contributed by atoms with Gasteiger partial charge in [0.1, 0.15) is 13.1 Å². The van der Waals surface area contributed by atoms with Crippen LogP contribution in [-0.4, -0.2) is 69.5 Å². The summed E-state index contributed by atoms with van der Waals surface area (Å²) in [5, 5.41) is 11.2. The van der Waals surface area contributed by atoms with Gasteiger partial charge in [-0.05, 0) is 66.5 Å². The van der Waals surface area contributed by atoms with Crippen LogP contribution in [-0.2, 0) is 19.1 Å². The van der Waals surface area contributed by atoms with E-state index in [0.717, 1.165) is 23.3 Å². The summed E-state index contributed by atoms with van der Waals surface area (Å²) >= 11 is 1.43. The maximum absolute atomic E-state index is 12.3. The summed E-state index contributed by atoms with van der Waals surface area (Å²) in [7, 11) is 0. The first-order chi connectivity index (χ1) is 18.6. The van der Waals surface area contributed by atoms with Gasteiger partial charge >= 0.3 is 11.9 Å². The van der Waals surface area contributed by atoms with E-state index in [0.29, 0.717) is 22.6 Å². The number of aliphatic imine (C=N–C) groups is 1. The van der Waals surface area contributed by atoms with Gasteiger partial charge in [-0.2, -0.15) is 5.10 Å². The summed E-state index contributed by atoms with van der Waals surface area (Å²) in [6, 6.07) is 10.2. The minimum atomic E-state index is -0.480. The molecule has 0 radical (unpaired) electrons. The molecule has 1 aromatic heterocycles. The summed E-state index contributed by atoms with van der Waals surface area (Å²) in [5.74, 6) is -0.961. The Morgan fingerprint density at radius 1 is 0.974 bits per heavy atom. The van der Waals surface area contributed by atoms with Crippen molar-refractivity contribution in [3.8, 4) is 5.69 Å². The van der Waals surface area contributed by atoms with E-state index in [9.17, 15) is 9.59 Å². The van der Waals surface area contributed by atoms with Gasteiger partial charge in [-0.1, -0.05) is 48.8 Å². The van der Waals surface area contributed by atoms with Crippen molar-refractivity contribution < 1.29 is 19.1 Å². The van der Waals surface area contributed by atoms with Crippen LogP contribution in [0, 0.1) is 0 Å². The number of para-hydroxylation sites is 1. The van der Waals surface area contributed by atoms with Gasteiger partial charge in [0.2, 0.25) is 9.93 Å². The molecule has 0 aliphatic heterocycles. The molecule has 2 aromatic rings. The number of ether oxygens (including phenoxy) is 2. The Morgan fingerprint density at radius 3 is 2.13 bits per heavy atom. The summed E-state index contributed by atoms with van der Waals surface area (Å²) < 4.78 is 12.3. The van der Waals surface area contributed by atoms with Crippen LogP contribution in [0.3, 0.4) is 0 Å². The van der Waals surface area contributed by atoms with Crippen molar-refractivity contribution in [2.24, 2.45) is 15.1 Å². The second-order valence-electron chi connectivity index (χ2n) is 10.1. The topological polar surface area (TPSA) is 111 Å². The van der Waals surface area contributed by atoms with E-state index < -0.39 is 11.9 Å². The molecule has 39 heavy (non-hydrogen) atoms. The number of hydrogen-bond acceptors (Lipinski definition) is 10. The molecule has 0 spiro atoms. The first-order valence-corrected chi connectivity index (χ1v) is 14.4. The zero-order chi connectivity index (χ0) is 28.4. The zero-order valence-corrected chi connectivity index (χ0v) is 24.6. The summed E-state index contributed by atoms with van der Waals surface area (Å²) in [6.45, 7) is 10.3. The number of carbonyl (C=O) groups excluding carboxylic acids is 2. The Bertz CT molecular complexity index is 1200. The lowest BCUT2D eigenvalue weighted by atomic mass is 9.96. The third-order valence-electron chi connectivity index (χ3n) is 5.85. The number of carbonyl (C=O) groups is 2. The maximum Gasteiger partial charge on any atom is 0.327 e. The van der Waals surface area contributed by atoms with Crippen molar-refractivity contribution in [3.63, 3.8) is 0 Å². The van der Waals surface area contributed by atoms with Crippen molar-refractivity contribution in [2.45, 2.75) is 91.9 Å². The van der Waals surface area contributed by atoms with Crippen LogP contribution in [0.2, 0.25) is 0 Å². The van der Waals surface area contributed by atoms with Gasteiger partial charge in [-0.25, -0.2) is 9.67 Å². The van der Waals surface area contributed by atoms with Crippen molar-refractivity contribution in [3.05, 3.63) is 35.1 Å². The number of benzene rings is 1. The maximum atomic E-state index is 12.3. The van der Waals surface area contributed by atoms with Crippen LogP contribution in [0.15, 0.2) is 45.4 Å². The van der Waals surface area contributed by atoms with Crippen LogP contribution < -0.4 is 4.80 Å². The van der Waals surface area contributed by atoms with E-state index in [1.165, 1.54) is 35.6 Å². The van der Waals surface area contributed by atoms with Gasteiger partial charge in [-0.15, -0.1) is 5.10 Å². The SMILES string of the molecule is CC(=N/N(CC(=O)OC(C)C)CC(=O)OC(C)C)/C(C)=N/c1nn(-c2ccccc2)c(=NC2CCCCC2)s1. The quantitative estimate of drug-likeness (QED) is 0.222. The van der Waals surface area contributed by atoms with Gasteiger partial charge in [-0.3, -0.25) is 19.6 Å². The second-order valence-corrected chi connectivity index (χ2v) is 11.1. The molecule has 1 aliphatic carbocycles. The van der Waals surface area contributed by atoms with Crippen LogP contribution >= 0.6 is 11.3 Å². The molecule has 0 amide bonds. The van der Waals surface area contributed by atoms with E-state index in [1.54, 1.807) is 34.6 Å². The van der Waals surface area contributed by atoms with E-state index in [2.05, 4.69) is 5.10 Å². The number of aromatic nitrogens is 2. The van der Waals surface area contributed by atoms with Gasteiger partial charge < -0.3 is 9.47 Å². The number of nitrogens with zero attached hydrogens (tertiary/aromatic N) is 6. The molecule has 11 heteroatoms. The Kier molecular flexibility index (Phi) is 11.4. The number of hydrazone groups is 1. The van der Waals surface area contributed by atoms with Gasteiger partial charge in [0.25, 0.3) is 0 Å². The zero-order valence-electron chi connectivity index (χ0n) is 23.8. The molecule has 1 heterocycles. The van der Waals surface area contributed by atoms with Crippen LogP contribution in [0.5, 0.6) is 0 Å². The largest absolute Gasteiger partial charge is 0.462 e. The molecule has 0 saturated heterocycles. The lowest BCUT2D eigenvalue weighted by Gasteiger charge is -2.20. The summed E-state index contributed by atoms with van der Waals surface area (Å²) in [6.07, 6.45) is 5.29. The highest BCUT2D eigenvalue weighted by atomic mass is 32.1. The van der Waals surface area contributed by atoms with Gasteiger partial charge in [0.15, 0.2) is 0 Å². The highest BCUT2D eigenvalue weighted by Crippen LogP contribution is 2.21. The van der Waals surface area contributed by atoms with E-state index in [4.69, 9.17) is 24.6 Å². The van der Waals surface area contributed by atoms with Gasteiger partial charge in [0, 0.05) is 0 Å². The molecule has 1 fully saturated rings. The first kappa shape index (κ1) is 30.2. The molecule has 0 atom stereocenters. The van der Waals surface area contributed by atoms with Crippen molar-refractivity contribution in [1.82, 2.24) is 14.8 Å². The molecule has 0 bridgehead atoms. The van der Waals surface area contributed by atoms with E-state index >= 15 is 0 Å². The Labute approximate surface area is 234 Å². The standard InChI is InChI=1S/C28H40N6O4S/c1-19(2)37-25(35)17-33(18-26(36)38-20(3)4)31-22(6)21(5)29-27-32-34(24-15-11-8-12-16-24)28(39-27)30-23-13-9-7-10-14-23/h8,11-12,15-16,19-20,23H,7,9-10,13-14,17-18H2,1-6H3/b29-21+,30-28?,31-22-. The first-order valence-electron chi connectivity index (χ1n) is 13.5. The summed E-state index contributed by atoms with van der Waals surface area (Å²) in [5.41, 5.74) is 2.07. The van der Waals surface area contributed by atoms with Crippen LogP contribution in [0.1, 0.15) is 73.6 Å². The predicted octanol–water partition coefficient (Wildman–Crippen LogP) is 4.84. The third kappa shape index (κ3) is 10.0. The van der Waals surface area contributed by atoms with Gasteiger partial charge in [0.05, 0.1) is 35.4 Å². The molecule has 212 valence electrons. The predicted molar refractivity (Wildman–Crippen MR) is 154 cm³/mol. The fraction of sp³-hybridized carbons (Fsp3) is 0.571. The average molecular weight is 557 g/mol. The van der Waals surface area contributed by atoms with E-state index in [1.807, 2.05) is 41.9 Å². The van der Waals surface area contributed by atoms with Crippen molar-refractivity contribution in [1.29, 1.82) is 0 Å². The molecule has 1 aromatic carbocycles. The average Bonchev–Trinajstić information content (AvgIpc) is 3.25. The Morgan fingerprint density at radius 2 is 1.56 bits per heavy atom. The minimum Gasteiger partial charge on any atom is -0.462 e. The fourth-order valence-corrected chi connectivity index (χ4v) is 4.94. The Hall–Kier alpha value is -3.34. The molecule has 1 aliphatic rings. The van der Waals surface area contributed by atoms with E-state index in [-0.39, 0.29) is 25.3 Å². The molecule has 3 rings (SSSR count). The smallest absolute Gasteiger partial charge is 0.327 e. The number of esters is 2. The highest BCUT2D eigenvalue weighted by molar-refractivity contribution is 7.12. The van der Waals surface area contributed by atoms with Crippen LogP contribution in [0.4, 0.5) is 5.13 Å². The molecule has 0 unspecified atom stereocenters. The Balaban J connectivity index is 1.89. The normalized spacial score (nSPS) is 15.6. The van der Waals surface area contributed by atoms with Crippen molar-refractivity contribution >= 4 is 39.8 Å². The number of hydrogen-bond donors (Lipinski definition) is 0. The summed E-state index contributed by atoms with van der Waals surface area (Å²) in [4.78, 5) is 35.2. The van der Waals surface area contributed by atoms with Crippen molar-refractivity contribution in [2.75, 3.05) is 13.1 Å². The molecule has 1 saturated carbocycles. The molecular formula is C28H40N6O4S. The minimum absolute atomic E-state index is 0.189. The number of rotatable bonds is 11. The monoisotopic (exact) mass is 556 g/mol. The lowest BCUT2D eigenvalue weighted by molar-refractivity contribution is -0.152. The molecule has 0 N–H and O–H groups in total. The second kappa shape index (κ2) is 14.7. The fourth-order valence-electron chi connectivity index (χ4n) is 4.04. The van der Waals surface area contributed by atoms with Crippen LogP contribution in [0.25, 0.3) is 5.69 Å².